The minimum absolute atomic E-state index is 0.563. The molecule has 20 heavy (non-hydrogen) atoms. The fraction of sp³-hybridized carbons (Fsp3) is 0.556. The number of rotatable bonds is 11. The van der Waals surface area contributed by atoms with Crippen molar-refractivity contribution in [3.63, 3.8) is 0 Å². The second kappa shape index (κ2) is 10.5. The van der Waals surface area contributed by atoms with Gasteiger partial charge in [-0.3, -0.25) is 0 Å². The molecule has 1 atom stereocenters. The maximum Gasteiger partial charge on any atom is 0.119 e. The third kappa shape index (κ3) is 6.76. The third-order valence-electron chi connectivity index (χ3n) is 3.60. The van der Waals surface area contributed by atoms with Crippen LogP contribution in [0.25, 0.3) is 0 Å². The van der Waals surface area contributed by atoms with Gasteiger partial charge in [0.2, 0.25) is 0 Å². The Hall–Kier alpha value is -1.28. The Bertz CT molecular complexity index is 358. The summed E-state index contributed by atoms with van der Waals surface area (Å²) in [5.41, 5.74) is 1.31. The molecular weight excluding hydrogens is 246 g/mol. The minimum atomic E-state index is 0.563. The van der Waals surface area contributed by atoms with E-state index in [9.17, 15) is 0 Å². The minimum Gasteiger partial charge on any atom is -0.490 e. The average molecular weight is 275 g/mol. The van der Waals surface area contributed by atoms with Crippen molar-refractivity contribution >= 4 is 0 Å². The highest BCUT2D eigenvalue weighted by Crippen LogP contribution is 2.13. The van der Waals surface area contributed by atoms with E-state index in [1.54, 1.807) is 6.08 Å². The molecule has 0 saturated carbocycles. The summed E-state index contributed by atoms with van der Waals surface area (Å²) in [6.45, 7) is 10.8. The van der Waals surface area contributed by atoms with Crippen molar-refractivity contribution in [2.45, 2.75) is 46.1 Å². The molecule has 1 unspecified atom stereocenters. The van der Waals surface area contributed by atoms with E-state index in [4.69, 9.17) is 4.74 Å². The first-order valence-electron chi connectivity index (χ1n) is 7.83. The van der Waals surface area contributed by atoms with Crippen LogP contribution in [0.2, 0.25) is 0 Å². The van der Waals surface area contributed by atoms with Gasteiger partial charge in [0.25, 0.3) is 0 Å². The lowest BCUT2D eigenvalue weighted by Crippen LogP contribution is -2.22. The summed E-state index contributed by atoms with van der Waals surface area (Å²) in [5, 5.41) is 3.57. The van der Waals surface area contributed by atoms with E-state index in [1.807, 2.05) is 12.1 Å². The summed E-state index contributed by atoms with van der Waals surface area (Å²) >= 11 is 0. The third-order valence-corrected chi connectivity index (χ3v) is 3.60. The van der Waals surface area contributed by atoms with Crippen LogP contribution in [0.5, 0.6) is 5.75 Å². The zero-order valence-electron chi connectivity index (χ0n) is 13.0. The molecule has 1 aromatic carbocycles. The Morgan fingerprint density at radius 3 is 2.60 bits per heavy atom. The van der Waals surface area contributed by atoms with Crippen molar-refractivity contribution in [2.75, 3.05) is 13.2 Å². The molecule has 112 valence electrons. The normalized spacial score (nSPS) is 12.1. The molecule has 0 aliphatic heterocycles. The molecule has 0 radical (unpaired) electrons. The van der Waals surface area contributed by atoms with Gasteiger partial charge in [-0.05, 0) is 36.6 Å². The monoisotopic (exact) mass is 275 g/mol. The number of ether oxygens (including phenoxy) is 1. The van der Waals surface area contributed by atoms with Gasteiger partial charge in [-0.2, -0.15) is 0 Å². The van der Waals surface area contributed by atoms with Crippen LogP contribution >= 0.6 is 0 Å². The topological polar surface area (TPSA) is 21.3 Å². The Kier molecular flexibility index (Phi) is 8.81. The number of unbranched alkanes of at least 4 members (excludes halogenated alkanes) is 1. The maximum absolute atomic E-state index is 5.48. The zero-order chi connectivity index (χ0) is 14.6. The SMILES string of the molecule is C=CCOc1ccc(CNCC(CC)CCCC)cc1. The van der Waals surface area contributed by atoms with E-state index in [0.29, 0.717) is 6.61 Å². The molecule has 0 amide bonds. The summed E-state index contributed by atoms with van der Waals surface area (Å²) in [6, 6.07) is 8.29. The molecule has 0 aliphatic rings. The van der Waals surface area contributed by atoms with Gasteiger partial charge in [-0.25, -0.2) is 0 Å². The molecule has 2 nitrogen and oxygen atoms in total. The highest BCUT2D eigenvalue weighted by molar-refractivity contribution is 5.27. The van der Waals surface area contributed by atoms with Gasteiger partial charge in [-0.15, -0.1) is 0 Å². The van der Waals surface area contributed by atoms with Crippen LogP contribution in [-0.2, 0) is 6.54 Å². The van der Waals surface area contributed by atoms with Gasteiger partial charge in [0.15, 0.2) is 0 Å². The van der Waals surface area contributed by atoms with Crippen LogP contribution in [0.1, 0.15) is 45.1 Å². The molecule has 0 bridgehead atoms. The summed E-state index contributed by atoms with van der Waals surface area (Å²) in [6.07, 6.45) is 7.00. The lowest BCUT2D eigenvalue weighted by atomic mass is 9.99. The van der Waals surface area contributed by atoms with Crippen LogP contribution < -0.4 is 10.1 Å². The maximum atomic E-state index is 5.48. The van der Waals surface area contributed by atoms with Gasteiger partial charge >= 0.3 is 0 Å². The number of hydrogen-bond acceptors (Lipinski definition) is 2. The lowest BCUT2D eigenvalue weighted by Gasteiger charge is -2.15. The van der Waals surface area contributed by atoms with Gasteiger partial charge in [-0.1, -0.05) is 57.9 Å². The Morgan fingerprint density at radius 1 is 1.25 bits per heavy atom. The van der Waals surface area contributed by atoms with Crippen molar-refractivity contribution < 1.29 is 4.74 Å². The summed E-state index contributed by atoms with van der Waals surface area (Å²) in [5.74, 6) is 1.72. The predicted octanol–water partition coefficient (Wildman–Crippen LogP) is 4.56. The van der Waals surface area contributed by atoms with E-state index >= 15 is 0 Å². The van der Waals surface area contributed by atoms with Crippen molar-refractivity contribution in [2.24, 2.45) is 5.92 Å². The summed E-state index contributed by atoms with van der Waals surface area (Å²) in [7, 11) is 0. The zero-order valence-corrected chi connectivity index (χ0v) is 13.0. The van der Waals surface area contributed by atoms with Crippen LogP contribution in [-0.4, -0.2) is 13.2 Å². The van der Waals surface area contributed by atoms with Gasteiger partial charge in [0, 0.05) is 6.54 Å². The Balaban J connectivity index is 2.28. The van der Waals surface area contributed by atoms with Gasteiger partial charge < -0.3 is 10.1 Å². The molecule has 0 aromatic heterocycles. The smallest absolute Gasteiger partial charge is 0.119 e. The van der Waals surface area contributed by atoms with Crippen LogP contribution in [0.3, 0.4) is 0 Å². The first-order chi connectivity index (χ1) is 9.80. The molecule has 0 saturated heterocycles. The Labute approximate surface area is 124 Å². The molecule has 1 aromatic rings. The van der Waals surface area contributed by atoms with Crippen molar-refractivity contribution in [3.8, 4) is 5.75 Å². The van der Waals surface area contributed by atoms with Crippen molar-refractivity contribution in [3.05, 3.63) is 42.5 Å². The molecule has 0 heterocycles. The second-order valence-corrected chi connectivity index (χ2v) is 5.29. The average Bonchev–Trinajstić information content (AvgIpc) is 2.49. The highest BCUT2D eigenvalue weighted by Gasteiger charge is 2.05. The molecule has 0 aliphatic carbocycles. The first kappa shape index (κ1) is 16.8. The fourth-order valence-electron chi connectivity index (χ4n) is 2.22. The summed E-state index contributed by atoms with van der Waals surface area (Å²) in [4.78, 5) is 0. The first-order valence-corrected chi connectivity index (χ1v) is 7.83. The van der Waals surface area contributed by atoms with E-state index in [2.05, 4.69) is 37.9 Å². The number of hydrogen-bond donors (Lipinski definition) is 1. The largest absolute Gasteiger partial charge is 0.490 e. The van der Waals surface area contributed by atoms with Gasteiger partial charge in [0.05, 0.1) is 0 Å². The Morgan fingerprint density at radius 2 is 2.00 bits per heavy atom. The van der Waals surface area contributed by atoms with Crippen LogP contribution in [0, 0.1) is 5.92 Å². The van der Waals surface area contributed by atoms with E-state index < -0.39 is 0 Å². The second-order valence-electron chi connectivity index (χ2n) is 5.29. The van der Waals surface area contributed by atoms with Gasteiger partial charge in [0.1, 0.15) is 12.4 Å². The molecule has 0 spiro atoms. The van der Waals surface area contributed by atoms with Crippen LogP contribution in [0.4, 0.5) is 0 Å². The predicted molar refractivity (Wildman–Crippen MR) is 87.1 cm³/mol. The van der Waals surface area contributed by atoms with Crippen LogP contribution in [0.15, 0.2) is 36.9 Å². The molecule has 1 rings (SSSR count). The van der Waals surface area contributed by atoms with E-state index in [-0.39, 0.29) is 0 Å². The molecular formula is C18H29NO. The fourth-order valence-corrected chi connectivity index (χ4v) is 2.22. The number of nitrogens with one attached hydrogen (secondary N) is 1. The number of benzene rings is 1. The van der Waals surface area contributed by atoms with E-state index in [0.717, 1.165) is 24.8 Å². The molecule has 2 heteroatoms. The van der Waals surface area contributed by atoms with E-state index in [1.165, 1.54) is 31.2 Å². The lowest BCUT2D eigenvalue weighted by molar-refractivity contribution is 0.363. The van der Waals surface area contributed by atoms with Crippen molar-refractivity contribution in [1.29, 1.82) is 0 Å². The van der Waals surface area contributed by atoms with Crippen molar-refractivity contribution in [1.82, 2.24) is 5.32 Å². The standard InChI is InChI=1S/C18H29NO/c1-4-7-8-16(6-3)14-19-15-17-9-11-18(12-10-17)20-13-5-2/h5,9-12,16,19H,2,4,6-8,13-15H2,1,3H3. The quantitative estimate of drug-likeness (QED) is 0.598. The molecule has 1 N–H and O–H groups in total. The highest BCUT2D eigenvalue weighted by atomic mass is 16.5. The summed E-state index contributed by atoms with van der Waals surface area (Å²) < 4.78 is 5.48. The molecule has 0 fully saturated rings.